The number of ether oxygens (including phenoxy) is 3. The van der Waals surface area contributed by atoms with Crippen LogP contribution in [-0.2, 0) is 25.8 Å². The van der Waals surface area contributed by atoms with Crippen molar-refractivity contribution in [1.82, 2.24) is 0 Å². The average molecular weight is 558 g/mol. The maximum atomic E-state index is 12.5. The Balaban J connectivity index is 1.58. The van der Waals surface area contributed by atoms with Gasteiger partial charge in [-0.1, -0.05) is 43.1 Å². The van der Waals surface area contributed by atoms with Crippen molar-refractivity contribution >= 4 is 38.8 Å². The van der Waals surface area contributed by atoms with Gasteiger partial charge < -0.3 is 14.2 Å². The molecule has 36 heavy (non-hydrogen) atoms. The minimum Gasteiger partial charge on any atom is -0.496 e. The molecule has 0 N–H and O–H groups in total. The fourth-order valence-electron chi connectivity index (χ4n) is 4.39. The molecule has 0 spiro atoms. The van der Waals surface area contributed by atoms with E-state index in [2.05, 4.69) is 13.8 Å². The number of carbonyl (C=O) groups excluding carboxylic acids is 1. The first-order valence-electron chi connectivity index (χ1n) is 12.1. The number of rotatable bonds is 11. The molecule has 2 aromatic rings. The molecule has 0 atom stereocenters. The molecular weight excluding hydrogens is 523 g/mol. The predicted molar refractivity (Wildman–Crippen MR) is 144 cm³/mol. The molecule has 1 aliphatic rings. The van der Waals surface area contributed by atoms with Crippen LogP contribution in [0.3, 0.4) is 0 Å². The highest BCUT2D eigenvalue weighted by Crippen LogP contribution is 2.40. The van der Waals surface area contributed by atoms with Crippen LogP contribution in [0.15, 0.2) is 30.3 Å². The Bertz CT molecular complexity index is 1170. The molecule has 0 heterocycles. The topological polar surface area (TPSA) is 78.9 Å². The van der Waals surface area contributed by atoms with Gasteiger partial charge in [0.25, 0.3) is 0 Å². The molecule has 0 unspecified atom stereocenters. The summed E-state index contributed by atoms with van der Waals surface area (Å²) in [5, 5.41) is 0.452. The number of halogens is 2. The Morgan fingerprint density at radius 2 is 1.78 bits per heavy atom. The van der Waals surface area contributed by atoms with Crippen LogP contribution in [0.2, 0.25) is 10.0 Å². The van der Waals surface area contributed by atoms with Crippen molar-refractivity contribution in [3.05, 3.63) is 51.5 Å². The second-order valence-corrected chi connectivity index (χ2v) is 12.7. The molecule has 6 nitrogen and oxygen atoms in total. The van der Waals surface area contributed by atoms with Crippen molar-refractivity contribution in [2.75, 3.05) is 20.0 Å². The Labute approximate surface area is 224 Å². The van der Waals surface area contributed by atoms with Gasteiger partial charge >= 0.3 is 0 Å². The van der Waals surface area contributed by atoms with Gasteiger partial charge in [-0.25, -0.2) is 8.42 Å². The Morgan fingerprint density at radius 1 is 1.08 bits per heavy atom. The van der Waals surface area contributed by atoms with Gasteiger partial charge in [0.15, 0.2) is 11.5 Å². The van der Waals surface area contributed by atoms with Crippen LogP contribution >= 0.6 is 23.2 Å². The first-order valence-corrected chi connectivity index (χ1v) is 14.9. The van der Waals surface area contributed by atoms with Crippen molar-refractivity contribution < 1.29 is 27.4 Å². The summed E-state index contributed by atoms with van der Waals surface area (Å²) in [4.78, 5) is 12.5. The zero-order valence-electron chi connectivity index (χ0n) is 21.2. The molecule has 3 rings (SSSR count). The number of Topliss-reactive ketones (excluding diaryl/α,β-unsaturated/α-hetero) is 1. The number of hydrogen-bond acceptors (Lipinski definition) is 6. The van der Waals surface area contributed by atoms with Crippen LogP contribution in [0.5, 0.6) is 17.2 Å². The third-order valence-electron chi connectivity index (χ3n) is 6.55. The molecule has 0 aliphatic heterocycles. The molecule has 0 saturated heterocycles. The lowest BCUT2D eigenvalue weighted by Crippen LogP contribution is -2.30. The largest absolute Gasteiger partial charge is 0.496 e. The van der Waals surface area contributed by atoms with Crippen LogP contribution in [0.25, 0.3) is 0 Å². The van der Waals surface area contributed by atoms with E-state index in [1.165, 1.54) is 6.26 Å². The normalized spacial score (nSPS) is 18.3. The molecule has 2 aromatic carbocycles. The summed E-state index contributed by atoms with van der Waals surface area (Å²) >= 11 is 13.0. The molecular formula is C27H34Cl2O6S. The lowest BCUT2D eigenvalue weighted by molar-refractivity contribution is -0.126. The first kappa shape index (κ1) is 28.8. The lowest BCUT2D eigenvalue weighted by Gasteiger charge is -2.27. The van der Waals surface area contributed by atoms with Crippen LogP contribution in [0, 0.1) is 0 Å². The fourth-order valence-corrected chi connectivity index (χ4v) is 6.06. The van der Waals surface area contributed by atoms with Gasteiger partial charge in [0.05, 0.1) is 28.5 Å². The molecule has 0 amide bonds. The van der Waals surface area contributed by atoms with Crippen molar-refractivity contribution in [1.29, 1.82) is 0 Å². The van der Waals surface area contributed by atoms with Crippen molar-refractivity contribution in [3.63, 3.8) is 0 Å². The number of sulfone groups is 1. The maximum absolute atomic E-state index is 12.5. The summed E-state index contributed by atoms with van der Waals surface area (Å²) in [6, 6.07) is 9.07. The van der Waals surface area contributed by atoms with Gasteiger partial charge in [-0.3, -0.25) is 4.79 Å². The van der Waals surface area contributed by atoms with E-state index >= 15 is 0 Å². The second-order valence-electron chi connectivity index (χ2n) is 9.59. The molecule has 0 bridgehead atoms. The zero-order valence-corrected chi connectivity index (χ0v) is 23.5. The molecule has 0 aromatic heterocycles. The van der Waals surface area contributed by atoms with E-state index in [0.29, 0.717) is 53.6 Å². The summed E-state index contributed by atoms with van der Waals surface area (Å²) in [5.74, 6) is 1.93. The van der Waals surface area contributed by atoms with Gasteiger partial charge in [-0.15, -0.1) is 0 Å². The number of methoxy groups -OCH3 is 1. The van der Waals surface area contributed by atoms with Gasteiger partial charge in [0.1, 0.15) is 27.9 Å². The number of aryl methyl sites for hydroxylation is 1. The third kappa shape index (κ3) is 7.60. The number of ketones is 1. The van der Waals surface area contributed by atoms with E-state index in [1.54, 1.807) is 25.3 Å². The molecule has 1 saturated carbocycles. The SMILES string of the molecule is COc1ccc(Oc2c(Cl)ccc(CCC(=O)COC3CCC(S(C)(=O)=O)CC3)c2Cl)cc1C(C)C. The van der Waals surface area contributed by atoms with Crippen LogP contribution in [0.1, 0.15) is 63.0 Å². The number of carbonyl (C=O) groups is 1. The van der Waals surface area contributed by atoms with E-state index in [9.17, 15) is 13.2 Å². The maximum Gasteiger partial charge on any atom is 0.164 e. The summed E-state index contributed by atoms with van der Waals surface area (Å²) in [6.45, 7) is 4.15. The predicted octanol–water partition coefficient (Wildman–Crippen LogP) is 6.79. The average Bonchev–Trinajstić information content (AvgIpc) is 2.84. The molecule has 0 radical (unpaired) electrons. The van der Waals surface area contributed by atoms with Gasteiger partial charge in [-0.2, -0.15) is 0 Å². The summed E-state index contributed by atoms with van der Waals surface area (Å²) < 4.78 is 40.7. The highest BCUT2D eigenvalue weighted by atomic mass is 35.5. The van der Waals surface area contributed by atoms with Gasteiger partial charge in [-0.05, 0) is 67.9 Å². The summed E-state index contributed by atoms with van der Waals surface area (Å²) in [6.07, 6.45) is 4.35. The number of benzene rings is 2. The first-order chi connectivity index (χ1) is 17.0. The van der Waals surface area contributed by atoms with Crippen LogP contribution in [0.4, 0.5) is 0 Å². The standard InChI is InChI=1S/C27H34Cl2O6S/c1-17(2)23-15-21(10-14-25(23)33-3)35-27-24(28)13-6-18(26(27)29)5-7-19(30)16-34-20-8-11-22(12-9-20)36(4,31)32/h6,10,13-15,17,20,22H,5,7-9,11-12,16H2,1-4H3. The van der Waals surface area contributed by atoms with Gasteiger partial charge in [0, 0.05) is 18.2 Å². The lowest BCUT2D eigenvalue weighted by atomic mass is 9.97. The summed E-state index contributed by atoms with van der Waals surface area (Å²) in [7, 11) is -1.39. The molecule has 9 heteroatoms. The van der Waals surface area contributed by atoms with E-state index in [0.717, 1.165) is 16.9 Å². The van der Waals surface area contributed by atoms with Crippen molar-refractivity contribution in [2.45, 2.75) is 69.6 Å². The minimum absolute atomic E-state index is 0.00655. The third-order valence-corrected chi connectivity index (χ3v) is 8.95. The Morgan fingerprint density at radius 3 is 2.39 bits per heavy atom. The highest BCUT2D eigenvalue weighted by molar-refractivity contribution is 7.91. The highest BCUT2D eigenvalue weighted by Gasteiger charge is 2.28. The number of hydrogen-bond donors (Lipinski definition) is 0. The fraction of sp³-hybridized carbons (Fsp3) is 0.519. The smallest absolute Gasteiger partial charge is 0.164 e. The van der Waals surface area contributed by atoms with E-state index < -0.39 is 9.84 Å². The second kappa shape index (κ2) is 12.6. The monoisotopic (exact) mass is 556 g/mol. The minimum atomic E-state index is -3.02. The van der Waals surface area contributed by atoms with E-state index in [1.807, 2.05) is 12.1 Å². The molecule has 1 aliphatic carbocycles. The van der Waals surface area contributed by atoms with Gasteiger partial charge in [0.2, 0.25) is 0 Å². The molecule has 1 fully saturated rings. The van der Waals surface area contributed by atoms with Crippen LogP contribution in [-0.4, -0.2) is 45.5 Å². The van der Waals surface area contributed by atoms with Crippen molar-refractivity contribution in [2.24, 2.45) is 0 Å². The van der Waals surface area contributed by atoms with Crippen molar-refractivity contribution in [3.8, 4) is 17.2 Å². The quantitative estimate of drug-likeness (QED) is 0.303. The zero-order chi connectivity index (χ0) is 26.5. The van der Waals surface area contributed by atoms with E-state index in [-0.39, 0.29) is 36.1 Å². The van der Waals surface area contributed by atoms with E-state index in [4.69, 9.17) is 37.4 Å². The Hall–Kier alpha value is -1.80. The molecule has 198 valence electrons. The van der Waals surface area contributed by atoms with Crippen LogP contribution < -0.4 is 9.47 Å². The Kier molecular flexibility index (Phi) is 10.1. The summed E-state index contributed by atoms with van der Waals surface area (Å²) in [5.41, 5.74) is 1.77.